The van der Waals surface area contributed by atoms with E-state index in [4.69, 9.17) is 0 Å². The van der Waals surface area contributed by atoms with Gasteiger partial charge in [-0.2, -0.15) is 0 Å². The molecule has 0 heterocycles. The van der Waals surface area contributed by atoms with E-state index in [1.165, 1.54) is 0 Å². The number of rotatable bonds is 0. The second kappa shape index (κ2) is 44.0. The predicted octanol–water partition coefficient (Wildman–Crippen LogP) is -1.27. The summed E-state index contributed by atoms with van der Waals surface area (Å²) in [4.78, 5) is 0. The molecule has 0 unspecified atom stereocenters. The molecule has 0 aromatic rings. The Hall–Kier alpha value is 1.68. The largest absolute Gasteiger partial charge is 2.00 e. The fourth-order valence-electron chi connectivity index (χ4n) is 0. The van der Waals surface area contributed by atoms with Gasteiger partial charge in [0, 0.05) is 19.5 Å². The minimum atomic E-state index is 0. The Bertz CT molecular complexity index is 9.61. The predicted molar refractivity (Wildman–Crippen MR) is 14.3 cm³/mol. The van der Waals surface area contributed by atoms with Crippen LogP contribution < -0.4 is 0 Å². The molecule has 20 valence electrons. The molecule has 0 atom stereocenters. The fraction of sp³-hybridized carbons (Fsp3) is 0. The quantitative estimate of drug-likeness (QED) is 0.415. The minimum absolute atomic E-state index is 0. The molecule has 0 spiro atoms. The standard InChI is InChI=1S/Ge.Li.2O.Zn.H/q+4;;2*-2;;. The van der Waals surface area contributed by atoms with Gasteiger partial charge in [-0.1, -0.05) is 0 Å². The monoisotopic (exact) mass is 178 g/mol. The van der Waals surface area contributed by atoms with Crippen molar-refractivity contribution in [2.24, 2.45) is 0 Å². The van der Waals surface area contributed by atoms with Gasteiger partial charge in [-0.3, -0.25) is 0 Å². The van der Waals surface area contributed by atoms with Crippen LogP contribution in [0.3, 0.4) is 0 Å². The van der Waals surface area contributed by atoms with Gasteiger partial charge in [0.15, 0.2) is 0 Å². The van der Waals surface area contributed by atoms with Crippen LogP contribution in [0.2, 0.25) is 0 Å². The summed E-state index contributed by atoms with van der Waals surface area (Å²) in [6.45, 7) is 0. The molecular weight excluding hydrogens is 177 g/mol. The second-order valence-electron chi connectivity index (χ2n) is 0. The molecule has 5 heavy (non-hydrogen) atoms. The van der Waals surface area contributed by atoms with Crippen molar-refractivity contribution < 1.29 is 30.4 Å². The summed E-state index contributed by atoms with van der Waals surface area (Å²) in [7, 11) is 0. The van der Waals surface area contributed by atoms with Gasteiger partial charge in [-0.25, -0.2) is 0 Å². The van der Waals surface area contributed by atoms with Gasteiger partial charge < -0.3 is 11.0 Å². The Labute approximate surface area is 66.6 Å². The van der Waals surface area contributed by atoms with E-state index in [9.17, 15) is 0 Å². The zero-order chi connectivity index (χ0) is 0. The third kappa shape index (κ3) is 27.2. The van der Waals surface area contributed by atoms with E-state index in [0.717, 1.165) is 0 Å². The van der Waals surface area contributed by atoms with Crippen molar-refractivity contribution in [1.29, 1.82) is 0 Å². The SMILES string of the molecule is [Ge+4].[LiH].[O-2].[O-2].[Zn]. The Morgan fingerprint density at radius 2 is 0.800 bits per heavy atom. The summed E-state index contributed by atoms with van der Waals surface area (Å²) in [5.74, 6) is 0. The molecule has 0 aliphatic carbocycles. The average Bonchev–Trinajstić information content (AvgIpc) is 0. The number of hydrogen-bond acceptors (Lipinski definition) is 0. The molecule has 0 aromatic carbocycles. The number of hydrogen-bond donors (Lipinski definition) is 0. The van der Waals surface area contributed by atoms with Crippen molar-refractivity contribution in [2.45, 2.75) is 0 Å². The van der Waals surface area contributed by atoms with Crippen LogP contribution in [0.15, 0.2) is 0 Å². The smallest absolute Gasteiger partial charge is 0 e. The first-order chi connectivity index (χ1) is 0. The third-order valence-corrected chi connectivity index (χ3v) is 0. The Morgan fingerprint density at radius 3 is 0.800 bits per heavy atom. The van der Waals surface area contributed by atoms with E-state index < -0.39 is 0 Å². The molecule has 2 nitrogen and oxygen atoms in total. The molecule has 5 heteroatoms. The van der Waals surface area contributed by atoms with Crippen LogP contribution in [0.4, 0.5) is 0 Å². The molecule has 0 saturated carbocycles. The van der Waals surface area contributed by atoms with Crippen molar-refractivity contribution in [3.05, 3.63) is 0 Å². The van der Waals surface area contributed by atoms with E-state index in [0.29, 0.717) is 0 Å². The maximum absolute atomic E-state index is 0. The van der Waals surface area contributed by atoms with Crippen LogP contribution in [0.25, 0.3) is 0 Å². The first-order valence-electron chi connectivity index (χ1n) is 0. The molecule has 0 N–H and O–H groups in total. The van der Waals surface area contributed by atoms with Crippen LogP contribution >= 0.6 is 0 Å². The molecule has 0 radical (unpaired) electrons. The van der Waals surface area contributed by atoms with Crippen LogP contribution in [-0.2, 0) is 30.4 Å². The molecule has 0 fully saturated rings. The third-order valence-electron chi connectivity index (χ3n) is 0. The van der Waals surface area contributed by atoms with Crippen LogP contribution in [0.1, 0.15) is 0 Å². The minimum Gasteiger partial charge on any atom is -2.00 e. The van der Waals surface area contributed by atoms with Crippen molar-refractivity contribution in [2.75, 3.05) is 0 Å². The summed E-state index contributed by atoms with van der Waals surface area (Å²) >= 11 is 0. The van der Waals surface area contributed by atoms with Gasteiger partial charge in [0.05, 0.1) is 0 Å². The molecule has 0 aliphatic heterocycles. The van der Waals surface area contributed by atoms with E-state index in [-0.39, 0.29) is 66.9 Å². The maximum Gasteiger partial charge on any atom is 0 e. The summed E-state index contributed by atoms with van der Waals surface area (Å²) in [6.07, 6.45) is 0. The van der Waals surface area contributed by atoms with Crippen molar-refractivity contribution >= 4 is 36.5 Å². The Kier molecular flexibility index (Phi) is 670. The summed E-state index contributed by atoms with van der Waals surface area (Å²) < 4.78 is 0. The van der Waals surface area contributed by atoms with Crippen molar-refractivity contribution in [3.63, 3.8) is 0 Å². The summed E-state index contributed by atoms with van der Waals surface area (Å²) in [5, 5.41) is 0. The topological polar surface area (TPSA) is 57.0 Å². The Balaban J connectivity index is 0. The van der Waals surface area contributed by atoms with E-state index in [2.05, 4.69) is 0 Å². The van der Waals surface area contributed by atoms with Gasteiger partial charge in [0.1, 0.15) is 0 Å². The normalized spacial score (nSPS) is 0. The van der Waals surface area contributed by atoms with Gasteiger partial charge in [-0.15, -0.1) is 0 Å². The Morgan fingerprint density at radius 1 is 0.800 bits per heavy atom. The summed E-state index contributed by atoms with van der Waals surface area (Å²) in [5.41, 5.74) is 0. The first kappa shape index (κ1) is 76.2. The molecule has 0 rings (SSSR count). The average molecular weight is 178 g/mol. The van der Waals surface area contributed by atoms with Gasteiger partial charge in [0.25, 0.3) is 0 Å². The maximum atomic E-state index is 0. The molecule has 0 bridgehead atoms. The van der Waals surface area contributed by atoms with Gasteiger partial charge in [0.2, 0.25) is 0 Å². The first-order valence-corrected chi connectivity index (χ1v) is 0. The molecule has 0 amide bonds. The zero-order valence-electron chi connectivity index (χ0n) is 2.02. The molecule has 0 saturated heterocycles. The zero-order valence-corrected chi connectivity index (χ0v) is 7.09. The molecule has 0 aromatic heterocycles. The van der Waals surface area contributed by atoms with E-state index >= 15 is 0 Å². The summed E-state index contributed by atoms with van der Waals surface area (Å²) in [6, 6.07) is 0. The second-order valence-corrected chi connectivity index (χ2v) is 0. The van der Waals surface area contributed by atoms with E-state index in [1.807, 2.05) is 0 Å². The van der Waals surface area contributed by atoms with Gasteiger partial charge >= 0.3 is 36.5 Å². The molecule has 0 aliphatic rings. The molecular formula is HGeLiO2Zn. The van der Waals surface area contributed by atoms with E-state index in [1.54, 1.807) is 0 Å². The van der Waals surface area contributed by atoms with Gasteiger partial charge in [-0.05, 0) is 0 Å². The van der Waals surface area contributed by atoms with Crippen molar-refractivity contribution in [1.82, 2.24) is 0 Å². The van der Waals surface area contributed by atoms with Crippen LogP contribution in [0, 0.1) is 0 Å². The van der Waals surface area contributed by atoms with Crippen molar-refractivity contribution in [3.8, 4) is 0 Å². The fourth-order valence-corrected chi connectivity index (χ4v) is 0. The van der Waals surface area contributed by atoms with Crippen LogP contribution in [0.5, 0.6) is 0 Å². The van der Waals surface area contributed by atoms with Crippen LogP contribution in [-0.4, -0.2) is 36.5 Å².